The monoisotopic (exact) mass is 290 g/mol. The first-order chi connectivity index (χ1) is 10.1. The van der Waals surface area contributed by atoms with Crippen molar-refractivity contribution in [2.24, 2.45) is 5.92 Å². The lowest BCUT2D eigenvalue weighted by atomic mass is 9.98. The van der Waals surface area contributed by atoms with E-state index in [4.69, 9.17) is 4.74 Å². The Balaban J connectivity index is 1.91. The Bertz CT molecular complexity index is 416. The minimum atomic E-state index is 0.628. The third-order valence-electron chi connectivity index (χ3n) is 4.69. The van der Waals surface area contributed by atoms with Gasteiger partial charge in [-0.25, -0.2) is 0 Å². The molecule has 2 atom stereocenters. The fourth-order valence-corrected chi connectivity index (χ4v) is 3.07. The van der Waals surface area contributed by atoms with Crippen molar-refractivity contribution < 1.29 is 4.74 Å². The molecule has 1 fully saturated rings. The zero-order valence-electron chi connectivity index (χ0n) is 13.9. The van der Waals surface area contributed by atoms with Crippen LogP contribution in [0.1, 0.15) is 32.8 Å². The van der Waals surface area contributed by atoms with Crippen molar-refractivity contribution in [1.29, 1.82) is 0 Å². The van der Waals surface area contributed by atoms with Crippen LogP contribution in [0.4, 0.5) is 0 Å². The highest BCUT2D eigenvalue weighted by Gasteiger charge is 2.27. The molecule has 0 saturated carbocycles. The summed E-state index contributed by atoms with van der Waals surface area (Å²) in [7, 11) is 1.72. The standard InChI is InChI=1S/C18H30N2O/c1-5-16-12-19-18(14(2)3)13-20(16)11-10-15-6-8-17(21-4)9-7-15/h6-9,14,16,18-19H,5,10-13H2,1-4H3. The summed E-state index contributed by atoms with van der Waals surface area (Å²) < 4.78 is 5.22. The fourth-order valence-electron chi connectivity index (χ4n) is 3.07. The lowest BCUT2D eigenvalue weighted by molar-refractivity contribution is 0.112. The normalized spacial score (nSPS) is 23.5. The van der Waals surface area contributed by atoms with E-state index in [9.17, 15) is 0 Å². The van der Waals surface area contributed by atoms with Crippen molar-refractivity contribution >= 4 is 0 Å². The molecule has 1 heterocycles. The average molecular weight is 290 g/mol. The molecule has 1 aromatic rings. The molecule has 3 heteroatoms. The molecule has 0 aromatic heterocycles. The molecule has 0 spiro atoms. The molecule has 0 radical (unpaired) electrons. The molecule has 2 unspecified atom stereocenters. The van der Waals surface area contributed by atoms with Gasteiger partial charge >= 0.3 is 0 Å². The second-order valence-corrected chi connectivity index (χ2v) is 6.41. The number of nitrogens with zero attached hydrogens (tertiary/aromatic N) is 1. The van der Waals surface area contributed by atoms with Crippen LogP contribution in [0, 0.1) is 5.92 Å². The van der Waals surface area contributed by atoms with E-state index in [-0.39, 0.29) is 0 Å². The highest BCUT2D eigenvalue weighted by molar-refractivity contribution is 5.27. The maximum Gasteiger partial charge on any atom is 0.118 e. The van der Waals surface area contributed by atoms with Crippen LogP contribution in [0.2, 0.25) is 0 Å². The molecule has 2 rings (SSSR count). The first-order valence-corrected chi connectivity index (χ1v) is 8.24. The van der Waals surface area contributed by atoms with Crippen molar-refractivity contribution in [1.82, 2.24) is 10.2 Å². The highest BCUT2D eigenvalue weighted by atomic mass is 16.5. The summed E-state index contributed by atoms with van der Waals surface area (Å²) in [6.07, 6.45) is 2.34. The zero-order chi connectivity index (χ0) is 15.2. The summed E-state index contributed by atoms with van der Waals surface area (Å²) in [6, 6.07) is 9.79. The predicted molar refractivity (Wildman–Crippen MR) is 89.0 cm³/mol. The van der Waals surface area contributed by atoms with E-state index in [2.05, 4.69) is 55.3 Å². The first-order valence-electron chi connectivity index (χ1n) is 8.24. The largest absolute Gasteiger partial charge is 0.497 e. The third kappa shape index (κ3) is 4.45. The quantitative estimate of drug-likeness (QED) is 0.872. The van der Waals surface area contributed by atoms with Gasteiger partial charge in [0.2, 0.25) is 0 Å². The smallest absolute Gasteiger partial charge is 0.118 e. The first kappa shape index (κ1) is 16.3. The number of nitrogens with one attached hydrogen (secondary N) is 1. The summed E-state index contributed by atoms with van der Waals surface area (Å²) in [5, 5.41) is 3.70. The van der Waals surface area contributed by atoms with Gasteiger partial charge in [0.1, 0.15) is 5.75 Å². The molecular weight excluding hydrogens is 260 g/mol. The number of ether oxygens (including phenoxy) is 1. The molecule has 1 saturated heterocycles. The molecule has 118 valence electrons. The molecule has 0 aliphatic carbocycles. The van der Waals surface area contributed by atoms with Crippen LogP contribution in [-0.2, 0) is 6.42 Å². The maximum absolute atomic E-state index is 5.22. The van der Waals surface area contributed by atoms with Crippen molar-refractivity contribution in [2.75, 3.05) is 26.7 Å². The topological polar surface area (TPSA) is 24.5 Å². The van der Waals surface area contributed by atoms with Gasteiger partial charge in [-0.05, 0) is 36.5 Å². The SMILES string of the molecule is CCC1CNC(C(C)C)CN1CCc1ccc(OC)cc1. The van der Waals surface area contributed by atoms with E-state index in [1.54, 1.807) is 7.11 Å². The van der Waals surface area contributed by atoms with Gasteiger partial charge < -0.3 is 10.1 Å². The Kier molecular flexibility index (Phi) is 6.07. The number of hydrogen-bond donors (Lipinski definition) is 1. The summed E-state index contributed by atoms with van der Waals surface area (Å²) in [4.78, 5) is 2.67. The van der Waals surface area contributed by atoms with E-state index >= 15 is 0 Å². The Labute approximate surface area is 129 Å². The number of hydrogen-bond acceptors (Lipinski definition) is 3. The molecule has 0 bridgehead atoms. The number of methoxy groups -OCH3 is 1. The summed E-state index contributed by atoms with van der Waals surface area (Å²) in [5.41, 5.74) is 1.39. The van der Waals surface area contributed by atoms with E-state index in [1.807, 2.05) is 0 Å². The molecule has 3 nitrogen and oxygen atoms in total. The average Bonchev–Trinajstić information content (AvgIpc) is 2.53. The Morgan fingerprint density at radius 3 is 2.57 bits per heavy atom. The lowest BCUT2D eigenvalue weighted by Gasteiger charge is -2.41. The van der Waals surface area contributed by atoms with E-state index in [0.717, 1.165) is 25.3 Å². The van der Waals surface area contributed by atoms with Crippen LogP contribution in [0.15, 0.2) is 24.3 Å². The number of piperazine rings is 1. The second-order valence-electron chi connectivity index (χ2n) is 6.41. The van der Waals surface area contributed by atoms with Gasteiger partial charge in [-0.3, -0.25) is 4.90 Å². The second kappa shape index (κ2) is 7.81. The zero-order valence-corrected chi connectivity index (χ0v) is 13.9. The van der Waals surface area contributed by atoms with Crippen LogP contribution >= 0.6 is 0 Å². The third-order valence-corrected chi connectivity index (χ3v) is 4.69. The number of rotatable bonds is 6. The predicted octanol–water partition coefficient (Wildman–Crippen LogP) is 2.95. The maximum atomic E-state index is 5.22. The molecule has 1 N–H and O–H groups in total. The Morgan fingerprint density at radius 2 is 2.00 bits per heavy atom. The van der Waals surface area contributed by atoms with Crippen molar-refractivity contribution in [2.45, 2.75) is 45.7 Å². The van der Waals surface area contributed by atoms with Crippen LogP contribution < -0.4 is 10.1 Å². The van der Waals surface area contributed by atoms with Gasteiger partial charge in [0.15, 0.2) is 0 Å². The van der Waals surface area contributed by atoms with E-state index in [1.165, 1.54) is 18.5 Å². The van der Waals surface area contributed by atoms with Gasteiger partial charge in [-0.15, -0.1) is 0 Å². The summed E-state index contributed by atoms with van der Waals surface area (Å²) in [6.45, 7) is 10.4. The number of benzene rings is 1. The van der Waals surface area contributed by atoms with Gasteiger partial charge in [0.25, 0.3) is 0 Å². The van der Waals surface area contributed by atoms with Crippen LogP contribution in [0.5, 0.6) is 5.75 Å². The Hall–Kier alpha value is -1.06. The molecular formula is C18H30N2O. The van der Waals surface area contributed by atoms with Crippen LogP contribution in [0.25, 0.3) is 0 Å². The van der Waals surface area contributed by atoms with Crippen LogP contribution in [0.3, 0.4) is 0 Å². The fraction of sp³-hybridized carbons (Fsp3) is 0.667. The molecule has 0 amide bonds. The molecule has 1 aromatic carbocycles. The summed E-state index contributed by atoms with van der Waals surface area (Å²) in [5.74, 6) is 1.64. The van der Waals surface area contributed by atoms with Crippen molar-refractivity contribution in [3.8, 4) is 5.75 Å². The van der Waals surface area contributed by atoms with Crippen molar-refractivity contribution in [3.63, 3.8) is 0 Å². The molecule has 1 aliphatic heterocycles. The van der Waals surface area contributed by atoms with Gasteiger partial charge in [-0.1, -0.05) is 32.9 Å². The minimum absolute atomic E-state index is 0.628. The highest BCUT2D eigenvalue weighted by Crippen LogP contribution is 2.17. The summed E-state index contributed by atoms with van der Waals surface area (Å²) >= 11 is 0. The molecule has 1 aliphatic rings. The van der Waals surface area contributed by atoms with Crippen LogP contribution in [-0.4, -0.2) is 43.7 Å². The van der Waals surface area contributed by atoms with Gasteiger partial charge in [-0.2, -0.15) is 0 Å². The minimum Gasteiger partial charge on any atom is -0.497 e. The van der Waals surface area contributed by atoms with Gasteiger partial charge in [0, 0.05) is 31.7 Å². The van der Waals surface area contributed by atoms with Gasteiger partial charge in [0.05, 0.1) is 7.11 Å². The molecule has 21 heavy (non-hydrogen) atoms. The Morgan fingerprint density at radius 1 is 1.29 bits per heavy atom. The lowest BCUT2D eigenvalue weighted by Crippen LogP contribution is -2.58. The van der Waals surface area contributed by atoms with E-state index in [0.29, 0.717) is 18.0 Å². The van der Waals surface area contributed by atoms with E-state index < -0.39 is 0 Å². The van der Waals surface area contributed by atoms with Crippen molar-refractivity contribution in [3.05, 3.63) is 29.8 Å².